The van der Waals surface area contributed by atoms with E-state index in [1.807, 2.05) is 12.1 Å². The van der Waals surface area contributed by atoms with Crippen molar-refractivity contribution in [1.29, 1.82) is 0 Å². The highest BCUT2D eigenvalue weighted by Gasteiger charge is 2.07. The van der Waals surface area contributed by atoms with Crippen molar-refractivity contribution in [1.82, 2.24) is 4.90 Å². The minimum atomic E-state index is -0.0825. The van der Waals surface area contributed by atoms with Crippen LogP contribution in [0.15, 0.2) is 24.3 Å². The topological polar surface area (TPSA) is 38.8 Å². The molecule has 0 aromatic heterocycles. The molecule has 1 aromatic carbocycles. The number of para-hydroxylation sites is 2. The maximum atomic E-state index is 11.3. The molecule has 0 atom stereocenters. The van der Waals surface area contributed by atoms with Gasteiger partial charge in [0.25, 0.3) is 5.91 Å². The summed E-state index contributed by atoms with van der Waals surface area (Å²) in [4.78, 5) is 12.8. The van der Waals surface area contributed by atoms with E-state index in [1.165, 1.54) is 4.90 Å². The van der Waals surface area contributed by atoms with Crippen LogP contribution < -0.4 is 9.47 Å². The molecule has 1 aromatic rings. The van der Waals surface area contributed by atoms with Crippen molar-refractivity contribution in [2.24, 2.45) is 0 Å². The van der Waals surface area contributed by atoms with E-state index in [1.54, 1.807) is 33.3 Å². The predicted molar refractivity (Wildman–Crippen MR) is 63.9 cm³/mol. The van der Waals surface area contributed by atoms with Crippen LogP contribution >= 0.6 is 0 Å². The molecule has 0 aliphatic heterocycles. The van der Waals surface area contributed by atoms with Gasteiger partial charge in [-0.25, -0.2) is 0 Å². The van der Waals surface area contributed by atoms with Gasteiger partial charge < -0.3 is 14.4 Å². The summed E-state index contributed by atoms with van der Waals surface area (Å²) in [5.74, 6) is 1.13. The van der Waals surface area contributed by atoms with Crippen molar-refractivity contribution in [3.63, 3.8) is 0 Å². The van der Waals surface area contributed by atoms with Gasteiger partial charge in [0.2, 0.25) is 0 Å². The molecule has 0 N–H and O–H groups in total. The predicted octanol–water partition coefficient (Wildman–Crippen LogP) is 1.80. The number of benzene rings is 1. The summed E-state index contributed by atoms with van der Waals surface area (Å²) in [6.45, 7) is 0.0212. The summed E-state index contributed by atoms with van der Waals surface area (Å²) in [6.07, 6.45) is 0. The number of rotatable bonds is 4. The van der Waals surface area contributed by atoms with E-state index < -0.39 is 0 Å². The molecular weight excluding hydrogens is 206 g/mol. The Labute approximate surface area is 96.8 Å². The van der Waals surface area contributed by atoms with E-state index in [0.717, 1.165) is 0 Å². The van der Waals surface area contributed by atoms with E-state index in [9.17, 15) is 4.79 Å². The second-order valence-corrected chi connectivity index (χ2v) is 3.23. The number of nitrogens with zero attached hydrogens (tertiary/aromatic N) is 1. The van der Waals surface area contributed by atoms with Gasteiger partial charge in [0.05, 0.1) is 7.11 Å². The SMILES string of the molecule is C.COc1ccccc1OCC(=O)N(C)C. The molecule has 0 bridgehead atoms. The zero-order valence-corrected chi connectivity index (χ0v) is 9.19. The lowest BCUT2D eigenvalue weighted by Gasteiger charge is -2.13. The molecule has 0 aliphatic rings. The second kappa shape index (κ2) is 6.71. The maximum absolute atomic E-state index is 11.3. The van der Waals surface area contributed by atoms with Gasteiger partial charge in [-0.05, 0) is 12.1 Å². The number of hydrogen-bond donors (Lipinski definition) is 0. The Bertz CT molecular complexity index is 337. The highest BCUT2D eigenvalue weighted by atomic mass is 16.5. The lowest BCUT2D eigenvalue weighted by atomic mass is 10.3. The fourth-order valence-electron chi connectivity index (χ4n) is 1.01. The minimum absolute atomic E-state index is 0. The fourth-order valence-corrected chi connectivity index (χ4v) is 1.01. The van der Waals surface area contributed by atoms with Crippen LogP contribution in [-0.4, -0.2) is 38.6 Å². The summed E-state index contributed by atoms with van der Waals surface area (Å²) in [5, 5.41) is 0. The number of carbonyl (C=O) groups is 1. The molecule has 16 heavy (non-hydrogen) atoms. The first-order valence-corrected chi connectivity index (χ1v) is 4.61. The molecule has 0 radical (unpaired) electrons. The van der Waals surface area contributed by atoms with Gasteiger partial charge >= 0.3 is 0 Å². The third-order valence-electron chi connectivity index (χ3n) is 1.92. The van der Waals surface area contributed by atoms with Crippen LogP contribution in [0, 0.1) is 0 Å². The lowest BCUT2D eigenvalue weighted by molar-refractivity contribution is -0.130. The summed E-state index contributed by atoms with van der Waals surface area (Å²) < 4.78 is 10.4. The molecule has 1 rings (SSSR count). The first kappa shape index (κ1) is 14.3. The van der Waals surface area contributed by atoms with Crippen LogP contribution in [0.25, 0.3) is 0 Å². The van der Waals surface area contributed by atoms with Gasteiger partial charge in [0, 0.05) is 14.1 Å². The minimum Gasteiger partial charge on any atom is -0.493 e. The van der Waals surface area contributed by atoms with Gasteiger partial charge in [-0.1, -0.05) is 19.6 Å². The van der Waals surface area contributed by atoms with Crippen molar-refractivity contribution < 1.29 is 14.3 Å². The molecule has 0 fully saturated rings. The quantitative estimate of drug-likeness (QED) is 0.784. The third-order valence-corrected chi connectivity index (χ3v) is 1.92. The number of hydrogen-bond acceptors (Lipinski definition) is 3. The Morgan fingerprint density at radius 2 is 1.81 bits per heavy atom. The molecular formula is C12H19NO3. The normalized spacial score (nSPS) is 8.94. The first-order valence-electron chi connectivity index (χ1n) is 4.61. The highest BCUT2D eigenvalue weighted by Crippen LogP contribution is 2.25. The first-order chi connectivity index (χ1) is 7.15. The van der Waals surface area contributed by atoms with Gasteiger partial charge in [-0.15, -0.1) is 0 Å². The summed E-state index contributed by atoms with van der Waals surface area (Å²) >= 11 is 0. The molecule has 90 valence electrons. The molecule has 4 heteroatoms. The summed E-state index contributed by atoms with van der Waals surface area (Å²) in [7, 11) is 4.94. The molecule has 4 nitrogen and oxygen atoms in total. The van der Waals surface area contributed by atoms with Gasteiger partial charge in [-0.3, -0.25) is 4.79 Å². The Hall–Kier alpha value is -1.71. The summed E-state index contributed by atoms with van der Waals surface area (Å²) in [6, 6.07) is 7.23. The molecule has 0 aliphatic carbocycles. The van der Waals surface area contributed by atoms with Gasteiger partial charge in [0.15, 0.2) is 18.1 Å². The monoisotopic (exact) mass is 225 g/mol. The van der Waals surface area contributed by atoms with Crippen molar-refractivity contribution in [2.75, 3.05) is 27.8 Å². The largest absolute Gasteiger partial charge is 0.493 e. The van der Waals surface area contributed by atoms with Crippen LogP contribution in [0.5, 0.6) is 11.5 Å². The average molecular weight is 225 g/mol. The molecule has 0 heterocycles. The van der Waals surface area contributed by atoms with E-state index >= 15 is 0 Å². The molecule has 0 saturated heterocycles. The fraction of sp³-hybridized carbons (Fsp3) is 0.417. The Kier molecular flexibility index (Phi) is 6.00. The molecule has 0 saturated carbocycles. The standard InChI is InChI=1S/C11H15NO3.CH4/c1-12(2)11(13)8-15-10-7-5-4-6-9(10)14-3;/h4-7H,8H2,1-3H3;1H4. The Balaban J connectivity index is 0.00000225. The van der Waals surface area contributed by atoms with Crippen molar-refractivity contribution in [2.45, 2.75) is 7.43 Å². The molecule has 0 spiro atoms. The Morgan fingerprint density at radius 3 is 2.31 bits per heavy atom. The zero-order chi connectivity index (χ0) is 11.3. The van der Waals surface area contributed by atoms with Crippen molar-refractivity contribution in [3.8, 4) is 11.5 Å². The van der Waals surface area contributed by atoms with Crippen LogP contribution in [-0.2, 0) is 4.79 Å². The number of methoxy groups -OCH3 is 1. The molecule has 1 amide bonds. The van der Waals surface area contributed by atoms with E-state index in [4.69, 9.17) is 9.47 Å². The van der Waals surface area contributed by atoms with Crippen LogP contribution in [0.2, 0.25) is 0 Å². The third kappa shape index (κ3) is 3.81. The number of ether oxygens (including phenoxy) is 2. The van der Waals surface area contributed by atoms with Crippen LogP contribution in [0.3, 0.4) is 0 Å². The van der Waals surface area contributed by atoms with Crippen LogP contribution in [0.1, 0.15) is 7.43 Å². The van der Waals surface area contributed by atoms with Crippen molar-refractivity contribution in [3.05, 3.63) is 24.3 Å². The second-order valence-electron chi connectivity index (χ2n) is 3.23. The Morgan fingerprint density at radius 1 is 1.25 bits per heavy atom. The average Bonchev–Trinajstić information content (AvgIpc) is 2.26. The lowest BCUT2D eigenvalue weighted by Crippen LogP contribution is -2.27. The number of carbonyl (C=O) groups excluding carboxylic acids is 1. The van der Waals surface area contributed by atoms with E-state index in [0.29, 0.717) is 11.5 Å². The highest BCUT2D eigenvalue weighted by molar-refractivity contribution is 5.77. The zero-order valence-electron chi connectivity index (χ0n) is 9.19. The van der Waals surface area contributed by atoms with Gasteiger partial charge in [-0.2, -0.15) is 0 Å². The van der Waals surface area contributed by atoms with Gasteiger partial charge in [0.1, 0.15) is 0 Å². The van der Waals surface area contributed by atoms with Crippen molar-refractivity contribution >= 4 is 5.91 Å². The summed E-state index contributed by atoms with van der Waals surface area (Å²) in [5.41, 5.74) is 0. The van der Waals surface area contributed by atoms with E-state index in [-0.39, 0.29) is 19.9 Å². The number of likely N-dealkylation sites (N-methyl/N-ethyl adjacent to an activating group) is 1. The smallest absolute Gasteiger partial charge is 0.259 e. The van der Waals surface area contributed by atoms with E-state index in [2.05, 4.69) is 0 Å². The number of amides is 1. The molecule has 0 unspecified atom stereocenters. The maximum Gasteiger partial charge on any atom is 0.259 e. The van der Waals surface area contributed by atoms with Crippen LogP contribution in [0.4, 0.5) is 0 Å².